The molecule has 1 unspecified atom stereocenters. The first-order chi connectivity index (χ1) is 17.3. The molecule has 7 nitrogen and oxygen atoms in total. The van der Waals surface area contributed by atoms with Crippen LogP contribution in [-0.2, 0) is 14.8 Å². The van der Waals surface area contributed by atoms with E-state index < -0.39 is 27.4 Å². The van der Waals surface area contributed by atoms with Crippen LogP contribution in [0.2, 0.25) is 5.02 Å². The fourth-order valence-electron chi connectivity index (χ4n) is 4.24. The van der Waals surface area contributed by atoms with Gasteiger partial charge >= 0.3 is 5.97 Å². The van der Waals surface area contributed by atoms with Gasteiger partial charge in [0.2, 0.25) is 10.0 Å². The summed E-state index contributed by atoms with van der Waals surface area (Å²) in [7, 11) is -4.08. The zero-order chi connectivity index (χ0) is 25.3. The topological polar surface area (TPSA) is 108 Å². The quantitative estimate of drug-likeness (QED) is 0.286. The maximum absolute atomic E-state index is 13.2. The lowest BCUT2D eigenvalue weighted by molar-refractivity contribution is -0.140. The molecule has 0 aliphatic heterocycles. The summed E-state index contributed by atoms with van der Waals surface area (Å²) in [6.45, 7) is 0. The zero-order valence-corrected chi connectivity index (χ0v) is 20.5. The van der Waals surface area contributed by atoms with Crippen molar-refractivity contribution in [2.24, 2.45) is 0 Å². The van der Waals surface area contributed by atoms with E-state index in [4.69, 9.17) is 11.6 Å². The predicted molar refractivity (Wildman–Crippen MR) is 139 cm³/mol. The molecule has 2 atom stereocenters. The number of carboxylic acid groups (broad SMARTS) is 1. The number of carboxylic acids is 1. The first kappa shape index (κ1) is 24.0. The second kappa shape index (κ2) is 9.39. The van der Waals surface area contributed by atoms with Gasteiger partial charge in [0.05, 0.1) is 4.90 Å². The molecule has 0 saturated heterocycles. The van der Waals surface area contributed by atoms with Crippen molar-refractivity contribution in [1.29, 1.82) is 0 Å². The Morgan fingerprint density at radius 2 is 1.64 bits per heavy atom. The van der Waals surface area contributed by atoms with Gasteiger partial charge in [-0.2, -0.15) is 4.72 Å². The number of hydrogen-bond donors (Lipinski definition) is 3. The van der Waals surface area contributed by atoms with Gasteiger partial charge < -0.3 is 10.4 Å². The number of sulfonamides is 1. The molecule has 4 aromatic rings. The van der Waals surface area contributed by atoms with E-state index in [1.165, 1.54) is 12.1 Å². The van der Waals surface area contributed by atoms with Gasteiger partial charge in [-0.05, 0) is 71.6 Å². The summed E-state index contributed by atoms with van der Waals surface area (Å²) >= 11 is 5.94. The normalized spacial score (nSPS) is 19.0. The van der Waals surface area contributed by atoms with E-state index in [0.717, 1.165) is 22.4 Å². The Hall–Kier alpha value is -3.72. The minimum Gasteiger partial charge on any atom is -0.480 e. The SMILES string of the molecule is O=C(O)C1(NS(=O)(=O)c2ccc(-c3ccc(Cl)cc3)cc2)C[C@H]1c1cccc(Nc2ccccn2)c1. The average molecular weight is 520 g/mol. The van der Waals surface area contributed by atoms with E-state index in [2.05, 4.69) is 15.0 Å². The maximum atomic E-state index is 13.2. The van der Waals surface area contributed by atoms with Gasteiger partial charge in [-0.15, -0.1) is 0 Å². The van der Waals surface area contributed by atoms with E-state index in [-0.39, 0.29) is 11.3 Å². The lowest BCUT2D eigenvalue weighted by Crippen LogP contribution is -2.44. The molecule has 0 radical (unpaired) electrons. The number of aromatic nitrogens is 1. The number of aliphatic carboxylic acids is 1. The van der Waals surface area contributed by atoms with Crippen LogP contribution in [0, 0.1) is 0 Å². The number of rotatable bonds is 8. The Morgan fingerprint density at radius 1 is 0.944 bits per heavy atom. The van der Waals surface area contributed by atoms with Crippen LogP contribution >= 0.6 is 11.6 Å². The van der Waals surface area contributed by atoms with Crippen LogP contribution in [0.1, 0.15) is 17.9 Å². The number of nitrogens with zero attached hydrogens (tertiary/aromatic N) is 1. The molecule has 9 heteroatoms. The molecule has 182 valence electrons. The van der Waals surface area contributed by atoms with Gasteiger partial charge in [0.25, 0.3) is 0 Å². The predicted octanol–water partition coefficient (Wildman–Crippen LogP) is 5.43. The Labute approximate surface area is 213 Å². The molecular weight excluding hydrogens is 498 g/mol. The molecule has 0 bridgehead atoms. The highest BCUT2D eigenvalue weighted by molar-refractivity contribution is 7.89. The summed E-state index contributed by atoms with van der Waals surface area (Å²) in [4.78, 5) is 16.5. The number of benzene rings is 3. The van der Waals surface area contributed by atoms with E-state index in [1.54, 1.807) is 42.6 Å². The highest BCUT2D eigenvalue weighted by Gasteiger charge is 2.63. The minimum atomic E-state index is -4.08. The highest BCUT2D eigenvalue weighted by Crippen LogP contribution is 2.52. The van der Waals surface area contributed by atoms with Crippen LogP contribution in [0.3, 0.4) is 0 Å². The Morgan fingerprint density at radius 3 is 2.28 bits per heavy atom. The third-order valence-corrected chi connectivity index (χ3v) is 8.01. The van der Waals surface area contributed by atoms with Crippen LogP contribution in [0.4, 0.5) is 11.5 Å². The molecule has 3 aromatic carbocycles. The average Bonchev–Trinajstić information content (AvgIpc) is 3.60. The minimum absolute atomic E-state index is 0.00272. The molecule has 5 rings (SSSR count). The third-order valence-electron chi connectivity index (χ3n) is 6.23. The summed E-state index contributed by atoms with van der Waals surface area (Å²) in [5.74, 6) is -1.07. The molecule has 0 spiro atoms. The van der Waals surface area contributed by atoms with Crippen LogP contribution in [0.5, 0.6) is 0 Å². The number of carbonyl (C=O) groups is 1. The monoisotopic (exact) mass is 519 g/mol. The fraction of sp³-hybridized carbons (Fsp3) is 0.111. The summed E-state index contributed by atoms with van der Waals surface area (Å²) in [6.07, 6.45) is 1.82. The molecule has 1 saturated carbocycles. The van der Waals surface area contributed by atoms with Gasteiger partial charge in [0.15, 0.2) is 0 Å². The van der Waals surface area contributed by atoms with Crippen LogP contribution in [0.25, 0.3) is 11.1 Å². The molecule has 1 aliphatic carbocycles. The second-order valence-electron chi connectivity index (χ2n) is 8.64. The number of pyridine rings is 1. The van der Waals surface area contributed by atoms with Crippen LogP contribution in [-0.4, -0.2) is 30.0 Å². The number of nitrogens with one attached hydrogen (secondary N) is 2. The molecule has 36 heavy (non-hydrogen) atoms. The molecular formula is C27H22ClN3O4S. The first-order valence-electron chi connectivity index (χ1n) is 11.2. The van der Waals surface area contributed by atoms with Crippen molar-refractivity contribution in [2.45, 2.75) is 22.8 Å². The van der Waals surface area contributed by atoms with E-state index in [0.29, 0.717) is 10.8 Å². The largest absolute Gasteiger partial charge is 0.480 e. The zero-order valence-electron chi connectivity index (χ0n) is 18.9. The number of anilines is 2. The van der Waals surface area contributed by atoms with Gasteiger partial charge in [0.1, 0.15) is 11.4 Å². The Balaban J connectivity index is 1.36. The number of hydrogen-bond acceptors (Lipinski definition) is 5. The van der Waals surface area contributed by atoms with Gasteiger partial charge in [-0.3, -0.25) is 4.79 Å². The van der Waals surface area contributed by atoms with Gasteiger partial charge in [-0.1, -0.05) is 54.1 Å². The van der Waals surface area contributed by atoms with Crippen molar-refractivity contribution in [3.8, 4) is 11.1 Å². The third kappa shape index (κ3) is 4.83. The number of halogens is 1. The summed E-state index contributed by atoms with van der Waals surface area (Å²) in [6, 6.07) is 26.2. The van der Waals surface area contributed by atoms with Crippen molar-refractivity contribution in [2.75, 3.05) is 5.32 Å². The van der Waals surface area contributed by atoms with E-state index >= 15 is 0 Å². The summed E-state index contributed by atoms with van der Waals surface area (Å²) in [5.41, 5.74) is 1.55. The van der Waals surface area contributed by atoms with Crippen LogP contribution < -0.4 is 10.0 Å². The van der Waals surface area contributed by atoms with E-state index in [9.17, 15) is 18.3 Å². The molecule has 0 amide bonds. The smallest absolute Gasteiger partial charge is 0.325 e. The molecule has 1 heterocycles. The van der Waals surface area contributed by atoms with Crippen molar-refractivity contribution >= 4 is 39.1 Å². The molecule has 1 aromatic heterocycles. The van der Waals surface area contributed by atoms with E-state index in [1.807, 2.05) is 42.5 Å². The van der Waals surface area contributed by atoms with Crippen LogP contribution in [0.15, 0.2) is 102 Å². The lowest BCUT2D eigenvalue weighted by Gasteiger charge is -2.16. The first-order valence-corrected chi connectivity index (χ1v) is 13.0. The Kier molecular flexibility index (Phi) is 6.26. The van der Waals surface area contributed by atoms with Crippen molar-refractivity contribution in [3.63, 3.8) is 0 Å². The highest BCUT2D eigenvalue weighted by atomic mass is 35.5. The van der Waals surface area contributed by atoms with Crippen molar-refractivity contribution < 1.29 is 18.3 Å². The van der Waals surface area contributed by atoms with Crippen molar-refractivity contribution in [1.82, 2.24) is 9.71 Å². The molecule has 1 aliphatic rings. The molecule has 1 fully saturated rings. The maximum Gasteiger partial charge on any atom is 0.325 e. The lowest BCUT2D eigenvalue weighted by atomic mass is 10.1. The standard InChI is InChI=1S/C27H22ClN3O4S/c28-21-11-7-18(8-12-21)19-9-13-23(14-10-19)36(34,35)31-27(26(32)33)17-24(27)20-4-3-5-22(16-20)30-25-6-1-2-15-29-25/h1-16,24,31H,17H2,(H,29,30)(H,32,33)/t24-,27?/m0/s1. The summed E-state index contributed by atoms with van der Waals surface area (Å²) in [5, 5.41) is 13.8. The fourth-order valence-corrected chi connectivity index (χ4v) is 5.77. The van der Waals surface area contributed by atoms with Crippen molar-refractivity contribution in [3.05, 3.63) is 108 Å². The summed E-state index contributed by atoms with van der Waals surface area (Å²) < 4.78 is 28.8. The van der Waals surface area contributed by atoms with Gasteiger partial charge in [-0.25, -0.2) is 13.4 Å². The van der Waals surface area contributed by atoms with Gasteiger partial charge in [0, 0.05) is 22.8 Å². The molecule has 3 N–H and O–H groups in total. The second-order valence-corrected chi connectivity index (χ2v) is 10.8. The Bertz CT molecular complexity index is 1510.